The third-order valence-electron chi connectivity index (χ3n) is 4.20. The first-order chi connectivity index (χ1) is 13.6. The van der Waals surface area contributed by atoms with Crippen molar-refractivity contribution < 1.29 is 4.74 Å². The van der Waals surface area contributed by atoms with E-state index in [9.17, 15) is 0 Å². The Kier molecular flexibility index (Phi) is 6.76. The number of thiocarbonyl (C=S) groups is 1. The van der Waals surface area contributed by atoms with E-state index in [1.165, 1.54) is 5.56 Å². The molecule has 142 valence electrons. The van der Waals surface area contributed by atoms with Crippen LogP contribution in [-0.4, -0.2) is 11.3 Å². The number of hydrazone groups is 1. The van der Waals surface area contributed by atoms with Gasteiger partial charge in [-0.2, -0.15) is 5.10 Å². The molecule has 0 bridgehead atoms. The molecule has 4 nitrogen and oxygen atoms in total. The number of hydrogen-bond acceptors (Lipinski definition) is 3. The minimum Gasteiger partial charge on any atom is -0.488 e. The highest BCUT2D eigenvalue weighted by atomic mass is 32.1. The van der Waals surface area contributed by atoms with E-state index >= 15 is 0 Å². The van der Waals surface area contributed by atoms with Crippen LogP contribution in [0.4, 0.5) is 5.69 Å². The zero-order valence-electron chi connectivity index (χ0n) is 16.0. The highest BCUT2D eigenvalue weighted by molar-refractivity contribution is 7.80. The predicted octanol–water partition coefficient (Wildman–Crippen LogP) is 5.20. The standard InChI is InChI=1S/C23H23N3OS/c1-17-11-13-19(14-12-17)16-27-22-10-6-4-8-20(22)15-24-26-23(28)25-21-9-5-3-7-18(21)2/h3-15H,16H2,1-2H3,(H2,25,26,28)/b24-15-. The second kappa shape index (κ2) is 9.67. The van der Waals surface area contributed by atoms with Crippen LogP contribution in [0.5, 0.6) is 5.75 Å². The zero-order valence-corrected chi connectivity index (χ0v) is 16.8. The molecule has 0 radical (unpaired) electrons. The fourth-order valence-corrected chi connectivity index (χ4v) is 2.75. The molecule has 0 unspecified atom stereocenters. The Morgan fingerprint density at radius 2 is 1.68 bits per heavy atom. The lowest BCUT2D eigenvalue weighted by atomic mass is 10.1. The highest BCUT2D eigenvalue weighted by Gasteiger charge is 2.02. The van der Waals surface area contributed by atoms with Crippen LogP contribution in [0.25, 0.3) is 0 Å². The van der Waals surface area contributed by atoms with E-state index in [2.05, 4.69) is 47.0 Å². The minimum atomic E-state index is 0.434. The number of nitrogens with zero attached hydrogens (tertiary/aromatic N) is 1. The lowest BCUT2D eigenvalue weighted by molar-refractivity contribution is 0.306. The topological polar surface area (TPSA) is 45.6 Å². The molecule has 5 heteroatoms. The summed E-state index contributed by atoms with van der Waals surface area (Å²) in [5.41, 5.74) is 8.15. The quantitative estimate of drug-likeness (QED) is 0.345. The first-order valence-corrected chi connectivity index (χ1v) is 9.46. The lowest BCUT2D eigenvalue weighted by Gasteiger charge is -2.10. The third kappa shape index (κ3) is 5.66. The summed E-state index contributed by atoms with van der Waals surface area (Å²) < 4.78 is 5.96. The maximum Gasteiger partial charge on any atom is 0.191 e. The van der Waals surface area contributed by atoms with Crippen LogP contribution in [0.3, 0.4) is 0 Å². The molecule has 3 rings (SSSR count). The second-order valence-corrected chi connectivity index (χ2v) is 6.86. The van der Waals surface area contributed by atoms with Gasteiger partial charge in [0.1, 0.15) is 12.4 Å². The molecule has 0 aliphatic rings. The smallest absolute Gasteiger partial charge is 0.191 e. The minimum absolute atomic E-state index is 0.434. The summed E-state index contributed by atoms with van der Waals surface area (Å²) in [5.74, 6) is 0.770. The van der Waals surface area contributed by atoms with E-state index in [1.807, 2.05) is 55.5 Å². The number of anilines is 1. The van der Waals surface area contributed by atoms with E-state index < -0.39 is 0 Å². The summed E-state index contributed by atoms with van der Waals surface area (Å²) in [6.45, 7) is 4.60. The molecule has 3 aromatic carbocycles. The Morgan fingerprint density at radius 3 is 2.46 bits per heavy atom. The van der Waals surface area contributed by atoms with E-state index in [1.54, 1.807) is 6.21 Å². The normalized spacial score (nSPS) is 10.6. The average molecular weight is 390 g/mol. The van der Waals surface area contributed by atoms with E-state index in [4.69, 9.17) is 17.0 Å². The Labute approximate surface area is 171 Å². The molecule has 0 saturated heterocycles. The molecule has 0 saturated carbocycles. The van der Waals surface area contributed by atoms with E-state index in [0.717, 1.165) is 28.1 Å². The maximum atomic E-state index is 5.96. The zero-order chi connectivity index (χ0) is 19.8. The van der Waals surface area contributed by atoms with Gasteiger partial charge in [0.2, 0.25) is 0 Å². The van der Waals surface area contributed by atoms with Crippen molar-refractivity contribution in [3.8, 4) is 5.75 Å². The molecule has 0 aliphatic carbocycles. The van der Waals surface area contributed by atoms with E-state index in [-0.39, 0.29) is 0 Å². The lowest BCUT2D eigenvalue weighted by Crippen LogP contribution is -2.24. The van der Waals surface area contributed by atoms with Crippen molar-refractivity contribution in [2.75, 3.05) is 5.32 Å². The van der Waals surface area contributed by atoms with Crippen molar-refractivity contribution in [3.63, 3.8) is 0 Å². The Morgan fingerprint density at radius 1 is 0.964 bits per heavy atom. The van der Waals surface area contributed by atoms with Crippen molar-refractivity contribution in [2.45, 2.75) is 20.5 Å². The molecule has 0 amide bonds. The fourth-order valence-electron chi connectivity index (χ4n) is 2.59. The first kappa shape index (κ1) is 19.6. The largest absolute Gasteiger partial charge is 0.488 e. The van der Waals surface area contributed by atoms with Gasteiger partial charge in [0.25, 0.3) is 0 Å². The number of aryl methyl sites for hydroxylation is 2. The summed E-state index contributed by atoms with van der Waals surface area (Å²) in [5, 5.41) is 7.81. The summed E-state index contributed by atoms with van der Waals surface area (Å²) in [6.07, 6.45) is 1.70. The van der Waals surface area contributed by atoms with Crippen LogP contribution >= 0.6 is 12.2 Å². The number of benzene rings is 3. The van der Waals surface area contributed by atoms with Gasteiger partial charge in [-0.3, -0.25) is 5.43 Å². The molecule has 0 aromatic heterocycles. The molecular weight excluding hydrogens is 366 g/mol. The second-order valence-electron chi connectivity index (χ2n) is 6.45. The molecular formula is C23H23N3OS. The van der Waals surface area contributed by atoms with Crippen molar-refractivity contribution in [1.82, 2.24) is 5.43 Å². The maximum absolute atomic E-state index is 5.96. The van der Waals surface area contributed by atoms with Gasteiger partial charge in [0, 0.05) is 11.3 Å². The van der Waals surface area contributed by atoms with Crippen LogP contribution < -0.4 is 15.5 Å². The molecule has 0 atom stereocenters. The molecule has 0 fully saturated rings. The highest BCUT2D eigenvalue weighted by Crippen LogP contribution is 2.18. The summed E-state index contributed by atoms with van der Waals surface area (Å²) in [7, 11) is 0. The Balaban J connectivity index is 1.58. The molecule has 28 heavy (non-hydrogen) atoms. The van der Waals surface area contributed by atoms with Crippen LogP contribution in [0.15, 0.2) is 77.9 Å². The van der Waals surface area contributed by atoms with Gasteiger partial charge in [0.05, 0.1) is 6.21 Å². The van der Waals surface area contributed by atoms with Crippen molar-refractivity contribution >= 4 is 29.2 Å². The summed E-state index contributed by atoms with van der Waals surface area (Å²) >= 11 is 5.30. The van der Waals surface area contributed by atoms with E-state index in [0.29, 0.717) is 11.7 Å². The first-order valence-electron chi connectivity index (χ1n) is 9.05. The van der Waals surface area contributed by atoms with Gasteiger partial charge < -0.3 is 10.1 Å². The van der Waals surface area contributed by atoms with Crippen LogP contribution in [0.2, 0.25) is 0 Å². The molecule has 0 heterocycles. The van der Waals surface area contributed by atoms with Crippen LogP contribution in [0, 0.1) is 13.8 Å². The average Bonchev–Trinajstić information content (AvgIpc) is 2.70. The van der Waals surface area contributed by atoms with Crippen molar-refractivity contribution in [1.29, 1.82) is 0 Å². The van der Waals surface area contributed by atoms with Crippen molar-refractivity contribution in [3.05, 3.63) is 95.1 Å². The monoisotopic (exact) mass is 389 g/mol. The molecule has 2 N–H and O–H groups in total. The SMILES string of the molecule is Cc1ccc(COc2ccccc2/C=N\NC(=S)Nc2ccccc2C)cc1. The van der Waals surface area contributed by atoms with Crippen molar-refractivity contribution in [2.24, 2.45) is 5.10 Å². The van der Waals surface area contributed by atoms with Gasteiger partial charge in [-0.1, -0.05) is 60.2 Å². The number of hydrogen-bond donors (Lipinski definition) is 2. The van der Waals surface area contributed by atoms with Gasteiger partial charge in [-0.25, -0.2) is 0 Å². The predicted molar refractivity (Wildman–Crippen MR) is 120 cm³/mol. The van der Waals surface area contributed by atoms with Crippen LogP contribution in [0.1, 0.15) is 22.3 Å². The number of para-hydroxylation sites is 2. The number of rotatable bonds is 6. The molecule has 3 aromatic rings. The fraction of sp³-hybridized carbons (Fsp3) is 0.130. The molecule has 0 spiro atoms. The van der Waals surface area contributed by atoms with Gasteiger partial charge in [0.15, 0.2) is 5.11 Å². The van der Waals surface area contributed by atoms with Gasteiger partial charge >= 0.3 is 0 Å². The molecule has 0 aliphatic heterocycles. The van der Waals surface area contributed by atoms with Crippen LogP contribution in [-0.2, 0) is 6.61 Å². The number of nitrogens with one attached hydrogen (secondary N) is 2. The van der Waals surface area contributed by atoms with Gasteiger partial charge in [-0.05, 0) is 55.4 Å². The van der Waals surface area contributed by atoms with Gasteiger partial charge in [-0.15, -0.1) is 0 Å². The Bertz CT molecular complexity index is 968. The Hall–Kier alpha value is -3.18. The summed E-state index contributed by atoms with van der Waals surface area (Å²) in [4.78, 5) is 0. The summed E-state index contributed by atoms with van der Waals surface area (Å²) in [6, 6.07) is 24.0. The third-order valence-corrected chi connectivity index (χ3v) is 4.39. The number of ether oxygens (including phenoxy) is 1.